The minimum atomic E-state index is -0.582. The highest BCUT2D eigenvalue weighted by Gasteiger charge is 2.29. The Bertz CT molecular complexity index is 459. The summed E-state index contributed by atoms with van der Waals surface area (Å²) in [7, 11) is 0. The van der Waals surface area contributed by atoms with Crippen LogP contribution in [-0.4, -0.2) is 26.3 Å². The summed E-state index contributed by atoms with van der Waals surface area (Å²) in [5, 5.41) is 3.14. The number of ether oxygens (including phenoxy) is 2. The summed E-state index contributed by atoms with van der Waals surface area (Å²) in [6.07, 6.45) is 0.957. The topological polar surface area (TPSA) is 30.5 Å². The van der Waals surface area contributed by atoms with Crippen LogP contribution in [0, 0.1) is 11.6 Å². The normalized spacial score (nSPS) is 23.3. The fraction of sp³-hybridized carbons (Fsp3) is 0.538. The molecule has 2 aliphatic heterocycles. The number of nitrogens with one attached hydrogen (secondary N) is 1. The van der Waals surface area contributed by atoms with Crippen LogP contribution in [0.2, 0.25) is 0 Å². The second-order valence-corrected chi connectivity index (χ2v) is 4.58. The first-order valence-corrected chi connectivity index (χ1v) is 6.23. The van der Waals surface area contributed by atoms with Crippen LogP contribution in [-0.2, 0) is 11.2 Å². The Balaban J connectivity index is 2.06. The second-order valence-electron chi connectivity index (χ2n) is 4.58. The number of hydrogen-bond donors (Lipinski definition) is 1. The van der Waals surface area contributed by atoms with E-state index >= 15 is 0 Å². The molecule has 1 fully saturated rings. The molecule has 0 bridgehead atoms. The fourth-order valence-corrected chi connectivity index (χ4v) is 2.53. The first-order chi connectivity index (χ1) is 8.77. The quantitative estimate of drug-likeness (QED) is 0.832. The van der Waals surface area contributed by atoms with Gasteiger partial charge in [0, 0.05) is 24.7 Å². The predicted octanol–water partition coefficient (Wildman–Crippen LogP) is 1.95. The Morgan fingerprint density at radius 1 is 1.22 bits per heavy atom. The highest BCUT2D eigenvalue weighted by Crippen LogP contribution is 2.38. The molecule has 1 aromatic carbocycles. The maximum absolute atomic E-state index is 14.0. The summed E-state index contributed by atoms with van der Waals surface area (Å²) in [5.41, 5.74) is 0.838. The third-order valence-electron chi connectivity index (χ3n) is 3.38. The van der Waals surface area contributed by atoms with Crippen LogP contribution >= 0.6 is 0 Å². The Labute approximate surface area is 104 Å². The van der Waals surface area contributed by atoms with Gasteiger partial charge in [0.2, 0.25) is 0 Å². The number of benzene rings is 1. The molecule has 18 heavy (non-hydrogen) atoms. The minimum Gasteiger partial charge on any atom is -0.493 e. The van der Waals surface area contributed by atoms with E-state index in [1.807, 2.05) is 0 Å². The lowest BCUT2D eigenvalue weighted by Gasteiger charge is -2.28. The molecule has 3 nitrogen and oxygen atoms in total. The van der Waals surface area contributed by atoms with Gasteiger partial charge < -0.3 is 14.8 Å². The highest BCUT2D eigenvalue weighted by molar-refractivity contribution is 5.46. The molecule has 2 aliphatic rings. The molecule has 98 valence electrons. The first kappa shape index (κ1) is 11.9. The molecule has 3 rings (SSSR count). The van der Waals surface area contributed by atoms with Gasteiger partial charge in [0.15, 0.2) is 0 Å². The van der Waals surface area contributed by atoms with Gasteiger partial charge in [0.25, 0.3) is 0 Å². The highest BCUT2D eigenvalue weighted by atomic mass is 19.1. The van der Waals surface area contributed by atoms with Crippen molar-refractivity contribution in [1.29, 1.82) is 0 Å². The molecule has 0 amide bonds. The Hall–Kier alpha value is -1.20. The van der Waals surface area contributed by atoms with E-state index < -0.39 is 17.7 Å². The average Bonchev–Trinajstić information content (AvgIpc) is 2.40. The Morgan fingerprint density at radius 2 is 2.11 bits per heavy atom. The lowest BCUT2D eigenvalue weighted by atomic mass is 9.97. The van der Waals surface area contributed by atoms with Gasteiger partial charge in [-0.1, -0.05) is 0 Å². The van der Waals surface area contributed by atoms with E-state index in [2.05, 4.69) is 5.32 Å². The van der Waals surface area contributed by atoms with Crippen molar-refractivity contribution in [2.24, 2.45) is 0 Å². The molecule has 0 saturated carbocycles. The number of halogens is 2. The van der Waals surface area contributed by atoms with Gasteiger partial charge in [-0.3, -0.25) is 0 Å². The largest absolute Gasteiger partial charge is 0.493 e. The van der Waals surface area contributed by atoms with Gasteiger partial charge in [-0.2, -0.15) is 0 Å². The predicted molar refractivity (Wildman–Crippen MR) is 61.7 cm³/mol. The first-order valence-electron chi connectivity index (χ1n) is 6.23. The van der Waals surface area contributed by atoms with E-state index in [4.69, 9.17) is 9.47 Å². The van der Waals surface area contributed by atoms with Crippen molar-refractivity contribution in [1.82, 2.24) is 5.32 Å². The molecule has 1 unspecified atom stereocenters. The summed E-state index contributed by atoms with van der Waals surface area (Å²) in [4.78, 5) is 0. The van der Waals surface area contributed by atoms with Crippen molar-refractivity contribution in [3.8, 4) is 5.75 Å². The summed E-state index contributed by atoms with van der Waals surface area (Å²) in [5.74, 6) is -0.746. The van der Waals surface area contributed by atoms with Crippen LogP contribution in [0.3, 0.4) is 0 Å². The van der Waals surface area contributed by atoms with Gasteiger partial charge in [-0.05, 0) is 12.8 Å². The van der Waals surface area contributed by atoms with Crippen molar-refractivity contribution in [3.63, 3.8) is 0 Å². The average molecular weight is 255 g/mol. The Morgan fingerprint density at radius 3 is 2.89 bits per heavy atom. The summed E-state index contributed by atoms with van der Waals surface area (Å²) in [6, 6.07) is 0.945. The smallest absolute Gasteiger partial charge is 0.135 e. The number of rotatable bonds is 1. The van der Waals surface area contributed by atoms with Crippen LogP contribution < -0.4 is 10.1 Å². The van der Waals surface area contributed by atoms with E-state index in [0.29, 0.717) is 43.1 Å². The molecule has 0 radical (unpaired) electrons. The van der Waals surface area contributed by atoms with Crippen molar-refractivity contribution in [2.45, 2.75) is 18.9 Å². The zero-order chi connectivity index (χ0) is 12.5. The summed E-state index contributed by atoms with van der Waals surface area (Å²) in [6.45, 7) is 2.31. The van der Waals surface area contributed by atoms with Crippen LogP contribution in [0.25, 0.3) is 0 Å². The van der Waals surface area contributed by atoms with Gasteiger partial charge in [0.05, 0.1) is 18.8 Å². The fourth-order valence-electron chi connectivity index (χ4n) is 2.53. The van der Waals surface area contributed by atoms with E-state index in [-0.39, 0.29) is 0 Å². The van der Waals surface area contributed by atoms with Crippen molar-refractivity contribution >= 4 is 0 Å². The van der Waals surface area contributed by atoms with E-state index in [1.54, 1.807) is 0 Å². The standard InChI is InChI=1S/C13H15F2NO2/c14-9-6-10(15)12(11-7-16-3-5-17-11)13-8(9)2-1-4-18-13/h6,11,16H,1-5,7H2. The van der Waals surface area contributed by atoms with E-state index in [0.717, 1.165) is 19.0 Å². The third-order valence-corrected chi connectivity index (χ3v) is 3.38. The number of fused-ring (bicyclic) bond motifs is 1. The molecular weight excluding hydrogens is 240 g/mol. The summed E-state index contributed by atoms with van der Waals surface area (Å²) >= 11 is 0. The lowest BCUT2D eigenvalue weighted by molar-refractivity contribution is 0.0231. The second kappa shape index (κ2) is 4.82. The Kier molecular flexibility index (Phi) is 3.18. The molecular formula is C13H15F2NO2. The van der Waals surface area contributed by atoms with E-state index in [1.165, 1.54) is 0 Å². The minimum absolute atomic E-state index is 0.354. The van der Waals surface area contributed by atoms with E-state index in [9.17, 15) is 8.78 Å². The van der Waals surface area contributed by atoms with Gasteiger partial charge >= 0.3 is 0 Å². The molecule has 1 saturated heterocycles. The molecule has 1 atom stereocenters. The third kappa shape index (κ3) is 1.97. The maximum atomic E-state index is 14.0. The zero-order valence-electron chi connectivity index (χ0n) is 9.97. The molecule has 0 aliphatic carbocycles. The number of morpholine rings is 1. The maximum Gasteiger partial charge on any atom is 0.135 e. The van der Waals surface area contributed by atoms with Gasteiger partial charge in [0.1, 0.15) is 23.5 Å². The SMILES string of the molecule is Fc1cc(F)c(C2CNCCO2)c2c1CCCO2. The van der Waals surface area contributed by atoms with Crippen LogP contribution in [0.4, 0.5) is 8.78 Å². The molecule has 1 N–H and O–H groups in total. The molecule has 5 heteroatoms. The molecule has 1 aromatic rings. The molecule has 0 aromatic heterocycles. The van der Waals surface area contributed by atoms with Crippen molar-refractivity contribution < 1.29 is 18.3 Å². The molecule has 0 spiro atoms. The lowest BCUT2D eigenvalue weighted by Crippen LogP contribution is -2.34. The zero-order valence-corrected chi connectivity index (χ0v) is 9.97. The molecule has 2 heterocycles. The van der Waals surface area contributed by atoms with Gasteiger partial charge in [-0.15, -0.1) is 0 Å². The summed E-state index contributed by atoms with van der Waals surface area (Å²) < 4.78 is 38.7. The number of hydrogen-bond acceptors (Lipinski definition) is 3. The van der Waals surface area contributed by atoms with Crippen LogP contribution in [0.1, 0.15) is 23.7 Å². The van der Waals surface area contributed by atoms with Crippen LogP contribution in [0.15, 0.2) is 6.07 Å². The van der Waals surface area contributed by atoms with Crippen molar-refractivity contribution in [3.05, 3.63) is 28.8 Å². The van der Waals surface area contributed by atoms with Crippen LogP contribution in [0.5, 0.6) is 5.75 Å². The van der Waals surface area contributed by atoms with Gasteiger partial charge in [-0.25, -0.2) is 8.78 Å². The monoisotopic (exact) mass is 255 g/mol. The van der Waals surface area contributed by atoms with Crippen molar-refractivity contribution in [2.75, 3.05) is 26.3 Å².